The fourth-order valence-electron chi connectivity index (χ4n) is 1.55. The molecule has 17 heavy (non-hydrogen) atoms. The fraction of sp³-hybridized carbons (Fsp3) is 0.800. The predicted octanol–water partition coefficient (Wildman–Crippen LogP) is 4.52. The highest BCUT2D eigenvalue weighted by atomic mass is 15.2. The monoisotopic (exact) mass is 240 g/mol. The molecule has 0 fully saturated rings. The SMILES string of the molecule is CC.CC.CCCN(CC)C1=NCCCC=C1. The molecule has 1 aliphatic heterocycles. The molecule has 0 saturated heterocycles. The molecule has 2 nitrogen and oxygen atoms in total. The lowest BCUT2D eigenvalue weighted by Gasteiger charge is -2.21. The molecule has 1 aliphatic rings. The normalized spacial score (nSPS) is 13.4. The van der Waals surface area contributed by atoms with E-state index in [1.807, 2.05) is 27.7 Å². The third-order valence-electron chi connectivity index (χ3n) is 2.27. The first-order valence-electron chi connectivity index (χ1n) is 7.34. The number of hydrogen-bond acceptors (Lipinski definition) is 2. The third kappa shape index (κ3) is 8.96. The Morgan fingerprint density at radius 3 is 2.35 bits per heavy atom. The van der Waals surface area contributed by atoms with Gasteiger partial charge in [0.1, 0.15) is 5.84 Å². The Balaban J connectivity index is 0. The molecular formula is C15H32N2. The van der Waals surface area contributed by atoms with E-state index in [-0.39, 0.29) is 0 Å². The predicted molar refractivity (Wildman–Crippen MR) is 80.9 cm³/mol. The number of aliphatic imine (C=N–C) groups is 1. The summed E-state index contributed by atoms with van der Waals surface area (Å²) in [7, 11) is 0. The van der Waals surface area contributed by atoms with Crippen LogP contribution in [0.3, 0.4) is 0 Å². The van der Waals surface area contributed by atoms with E-state index in [9.17, 15) is 0 Å². The number of hydrogen-bond donors (Lipinski definition) is 0. The molecule has 0 aromatic rings. The Morgan fingerprint density at radius 1 is 1.18 bits per heavy atom. The van der Waals surface area contributed by atoms with E-state index < -0.39 is 0 Å². The van der Waals surface area contributed by atoms with Crippen molar-refractivity contribution >= 4 is 5.84 Å². The van der Waals surface area contributed by atoms with Crippen molar-refractivity contribution in [2.24, 2.45) is 4.99 Å². The minimum atomic E-state index is 0.989. The van der Waals surface area contributed by atoms with Crippen molar-refractivity contribution in [2.75, 3.05) is 19.6 Å². The summed E-state index contributed by atoms with van der Waals surface area (Å²) >= 11 is 0. The molecule has 0 saturated carbocycles. The summed E-state index contributed by atoms with van der Waals surface area (Å²) < 4.78 is 0. The van der Waals surface area contributed by atoms with Gasteiger partial charge in [-0.1, -0.05) is 40.7 Å². The second kappa shape index (κ2) is 15.2. The molecule has 0 amide bonds. The Morgan fingerprint density at radius 2 is 1.82 bits per heavy atom. The van der Waals surface area contributed by atoms with E-state index in [4.69, 9.17) is 0 Å². The Labute approximate surface area is 109 Å². The third-order valence-corrected chi connectivity index (χ3v) is 2.27. The highest BCUT2D eigenvalue weighted by Gasteiger charge is 2.05. The summed E-state index contributed by atoms with van der Waals surface area (Å²) in [5.74, 6) is 1.18. The zero-order chi connectivity index (χ0) is 13.5. The molecule has 0 aliphatic carbocycles. The minimum absolute atomic E-state index is 0.989. The van der Waals surface area contributed by atoms with Gasteiger partial charge in [-0.3, -0.25) is 4.99 Å². The van der Waals surface area contributed by atoms with Crippen molar-refractivity contribution < 1.29 is 0 Å². The van der Waals surface area contributed by atoms with Gasteiger partial charge in [-0.25, -0.2) is 0 Å². The van der Waals surface area contributed by atoms with E-state index >= 15 is 0 Å². The second-order valence-corrected chi connectivity index (χ2v) is 3.36. The van der Waals surface area contributed by atoms with Crippen molar-refractivity contribution in [3.63, 3.8) is 0 Å². The standard InChI is InChI=1S/C11H20N2.2C2H6/c1-3-10-13(4-2)11-8-6-5-7-9-12-11;2*1-2/h6,8H,3-5,7,9-10H2,1-2H3;2*1-2H3. The molecular weight excluding hydrogens is 208 g/mol. The van der Waals surface area contributed by atoms with Gasteiger partial charge in [0, 0.05) is 19.6 Å². The van der Waals surface area contributed by atoms with E-state index in [1.54, 1.807) is 0 Å². The average molecular weight is 240 g/mol. The Hall–Kier alpha value is -0.790. The number of allylic oxidation sites excluding steroid dienone is 1. The van der Waals surface area contributed by atoms with Crippen LogP contribution >= 0.6 is 0 Å². The van der Waals surface area contributed by atoms with E-state index in [0.29, 0.717) is 0 Å². The van der Waals surface area contributed by atoms with Crippen molar-refractivity contribution in [3.8, 4) is 0 Å². The molecule has 1 rings (SSSR count). The van der Waals surface area contributed by atoms with Crippen molar-refractivity contribution in [3.05, 3.63) is 12.2 Å². The van der Waals surface area contributed by atoms with Gasteiger partial charge in [0.2, 0.25) is 0 Å². The van der Waals surface area contributed by atoms with Gasteiger partial charge in [-0.15, -0.1) is 0 Å². The summed E-state index contributed by atoms with van der Waals surface area (Å²) in [6.45, 7) is 15.6. The van der Waals surface area contributed by atoms with E-state index in [0.717, 1.165) is 19.6 Å². The van der Waals surface area contributed by atoms with Gasteiger partial charge in [0.25, 0.3) is 0 Å². The first-order valence-corrected chi connectivity index (χ1v) is 7.34. The lowest BCUT2D eigenvalue weighted by molar-refractivity contribution is 0.440. The van der Waals surface area contributed by atoms with Gasteiger partial charge in [0.15, 0.2) is 0 Å². The second-order valence-electron chi connectivity index (χ2n) is 3.36. The molecule has 0 N–H and O–H groups in total. The smallest absolute Gasteiger partial charge is 0.123 e. The van der Waals surface area contributed by atoms with Gasteiger partial charge in [-0.2, -0.15) is 0 Å². The number of rotatable bonds is 3. The van der Waals surface area contributed by atoms with Crippen molar-refractivity contribution in [2.45, 2.75) is 60.8 Å². The lowest BCUT2D eigenvalue weighted by Crippen LogP contribution is -2.30. The van der Waals surface area contributed by atoms with Gasteiger partial charge >= 0.3 is 0 Å². The van der Waals surface area contributed by atoms with Crippen LogP contribution in [0, 0.1) is 0 Å². The summed E-state index contributed by atoms with van der Waals surface area (Å²) in [5.41, 5.74) is 0. The fourth-order valence-corrected chi connectivity index (χ4v) is 1.55. The minimum Gasteiger partial charge on any atom is -0.357 e. The molecule has 0 radical (unpaired) electrons. The Bertz CT molecular complexity index is 195. The first kappa shape index (κ1) is 18.6. The quantitative estimate of drug-likeness (QED) is 0.708. The molecule has 1 heterocycles. The summed E-state index contributed by atoms with van der Waals surface area (Å²) in [5, 5.41) is 0. The molecule has 0 spiro atoms. The van der Waals surface area contributed by atoms with Crippen LogP contribution in [0.5, 0.6) is 0 Å². The summed E-state index contributed by atoms with van der Waals surface area (Å²) in [6, 6.07) is 0. The maximum absolute atomic E-state index is 4.57. The number of amidine groups is 1. The molecule has 102 valence electrons. The molecule has 0 aromatic carbocycles. The van der Waals surface area contributed by atoms with Crippen LogP contribution in [-0.2, 0) is 0 Å². The zero-order valence-electron chi connectivity index (χ0n) is 12.8. The molecule has 0 bridgehead atoms. The van der Waals surface area contributed by atoms with E-state index in [1.165, 1.54) is 25.1 Å². The number of likely N-dealkylation sites (N-methyl/N-ethyl adjacent to an activating group) is 1. The highest BCUT2D eigenvalue weighted by molar-refractivity contribution is 5.93. The van der Waals surface area contributed by atoms with Crippen LogP contribution in [0.1, 0.15) is 60.8 Å². The van der Waals surface area contributed by atoms with Crippen LogP contribution in [0.2, 0.25) is 0 Å². The highest BCUT2D eigenvalue weighted by Crippen LogP contribution is 2.03. The van der Waals surface area contributed by atoms with Crippen molar-refractivity contribution in [1.82, 2.24) is 4.90 Å². The summed E-state index contributed by atoms with van der Waals surface area (Å²) in [6.07, 6.45) is 7.98. The zero-order valence-corrected chi connectivity index (χ0v) is 12.8. The van der Waals surface area contributed by atoms with Crippen molar-refractivity contribution in [1.29, 1.82) is 0 Å². The molecule has 0 aromatic heterocycles. The van der Waals surface area contributed by atoms with Crippen LogP contribution in [0.4, 0.5) is 0 Å². The molecule has 0 unspecified atom stereocenters. The molecule has 2 heteroatoms. The van der Waals surface area contributed by atoms with Crippen LogP contribution in [0.25, 0.3) is 0 Å². The first-order chi connectivity index (χ1) is 8.38. The average Bonchev–Trinajstić information content (AvgIpc) is 2.69. The van der Waals surface area contributed by atoms with Crippen LogP contribution < -0.4 is 0 Å². The van der Waals surface area contributed by atoms with Crippen LogP contribution in [-0.4, -0.2) is 30.4 Å². The van der Waals surface area contributed by atoms with Gasteiger partial charge in [-0.05, 0) is 32.3 Å². The van der Waals surface area contributed by atoms with Gasteiger partial charge in [0.05, 0.1) is 0 Å². The maximum atomic E-state index is 4.57. The number of nitrogens with zero attached hydrogens (tertiary/aromatic N) is 2. The molecule has 0 atom stereocenters. The van der Waals surface area contributed by atoms with Crippen LogP contribution in [0.15, 0.2) is 17.1 Å². The van der Waals surface area contributed by atoms with E-state index in [2.05, 4.69) is 35.9 Å². The largest absolute Gasteiger partial charge is 0.357 e. The maximum Gasteiger partial charge on any atom is 0.123 e. The summed E-state index contributed by atoms with van der Waals surface area (Å²) in [4.78, 5) is 6.92. The Kier molecular flexibility index (Phi) is 16.6. The van der Waals surface area contributed by atoms with Gasteiger partial charge < -0.3 is 4.90 Å². The topological polar surface area (TPSA) is 15.6 Å². The lowest BCUT2D eigenvalue weighted by atomic mass is 10.3.